The van der Waals surface area contributed by atoms with Crippen LogP contribution < -0.4 is 4.74 Å². The van der Waals surface area contributed by atoms with Crippen LogP contribution in [0, 0.1) is 5.92 Å². The number of carboxylic acid groups (broad SMARTS) is 1. The van der Waals surface area contributed by atoms with Crippen molar-refractivity contribution in [2.45, 2.75) is 12.8 Å². The molecule has 0 unspecified atom stereocenters. The monoisotopic (exact) mass is 283 g/mol. The zero-order valence-electron chi connectivity index (χ0n) is 10.7. The second-order valence-corrected chi connectivity index (χ2v) is 5.14. The smallest absolute Gasteiger partial charge is 0.306 e. The molecule has 1 aliphatic heterocycles. The predicted molar refractivity (Wildman–Crippen MR) is 73.7 cm³/mol. The fourth-order valence-corrected chi connectivity index (χ4v) is 2.44. The Labute approximate surface area is 117 Å². The molecule has 5 heteroatoms. The topological polar surface area (TPSA) is 49.8 Å². The van der Waals surface area contributed by atoms with E-state index in [0.717, 1.165) is 32.5 Å². The summed E-state index contributed by atoms with van der Waals surface area (Å²) in [5, 5.41) is 9.54. The average molecular weight is 284 g/mol. The van der Waals surface area contributed by atoms with E-state index < -0.39 is 5.97 Å². The second-order valence-electron chi connectivity index (χ2n) is 4.73. The molecule has 0 aromatic heterocycles. The molecule has 0 spiro atoms. The van der Waals surface area contributed by atoms with E-state index in [1.165, 1.54) is 0 Å². The summed E-state index contributed by atoms with van der Waals surface area (Å²) >= 11 is 6.00. The Kier molecular flexibility index (Phi) is 5.05. The van der Waals surface area contributed by atoms with Crippen LogP contribution in [-0.2, 0) is 4.79 Å². The molecule has 0 radical (unpaired) electrons. The number of piperidine rings is 1. The van der Waals surface area contributed by atoms with Crippen molar-refractivity contribution in [2.75, 3.05) is 26.2 Å². The van der Waals surface area contributed by atoms with Gasteiger partial charge in [0.05, 0.1) is 10.9 Å². The number of hydrogen-bond acceptors (Lipinski definition) is 3. The van der Waals surface area contributed by atoms with Crippen molar-refractivity contribution in [3.8, 4) is 5.75 Å². The minimum Gasteiger partial charge on any atom is -0.491 e. The van der Waals surface area contributed by atoms with Gasteiger partial charge < -0.3 is 9.84 Å². The Morgan fingerprint density at radius 1 is 1.37 bits per heavy atom. The van der Waals surface area contributed by atoms with Gasteiger partial charge in [-0.25, -0.2) is 0 Å². The summed E-state index contributed by atoms with van der Waals surface area (Å²) in [4.78, 5) is 13.1. The van der Waals surface area contributed by atoms with Gasteiger partial charge in [0.1, 0.15) is 12.4 Å². The molecule has 0 aliphatic carbocycles. The average Bonchev–Trinajstić information content (AvgIpc) is 2.41. The van der Waals surface area contributed by atoms with Crippen molar-refractivity contribution < 1.29 is 14.6 Å². The molecular formula is C14H18ClNO3. The maximum atomic E-state index is 10.8. The lowest BCUT2D eigenvalue weighted by atomic mass is 9.97. The number of carbonyl (C=O) groups is 1. The van der Waals surface area contributed by atoms with Crippen molar-refractivity contribution in [1.29, 1.82) is 0 Å². The number of hydrogen-bond donors (Lipinski definition) is 1. The zero-order valence-corrected chi connectivity index (χ0v) is 11.5. The van der Waals surface area contributed by atoms with E-state index in [0.29, 0.717) is 17.4 Å². The van der Waals surface area contributed by atoms with E-state index in [4.69, 9.17) is 21.4 Å². The van der Waals surface area contributed by atoms with Gasteiger partial charge in [-0.3, -0.25) is 9.69 Å². The van der Waals surface area contributed by atoms with E-state index in [1.54, 1.807) is 6.07 Å². The number of benzene rings is 1. The Hall–Kier alpha value is -1.26. The first kappa shape index (κ1) is 14.2. The lowest BCUT2D eigenvalue weighted by molar-refractivity contribution is -0.143. The minimum absolute atomic E-state index is 0.180. The van der Waals surface area contributed by atoms with Crippen molar-refractivity contribution in [1.82, 2.24) is 4.90 Å². The molecule has 0 amide bonds. The van der Waals surface area contributed by atoms with Crippen LogP contribution in [0.15, 0.2) is 24.3 Å². The predicted octanol–water partition coefficient (Wildman–Crippen LogP) is 2.52. The summed E-state index contributed by atoms with van der Waals surface area (Å²) < 4.78 is 5.62. The van der Waals surface area contributed by atoms with Gasteiger partial charge in [0.2, 0.25) is 0 Å². The van der Waals surface area contributed by atoms with Crippen molar-refractivity contribution in [2.24, 2.45) is 5.92 Å². The first-order valence-electron chi connectivity index (χ1n) is 6.49. The third-order valence-electron chi connectivity index (χ3n) is 3.44. The van der Waals surface area contributed by atoms with Crippen molar-refractivity contribution >= 4 is 17.6 Å². The van der Waals surface area contributed by atoms with Crippen LogP contribution >= 0.6 is 11.6 Å². The van der Waals surface area contributed by atoms with Gasteiger partial charge >= 0.3 is 5.97 Å². The van der Waals surface area contributed by atoms with E-state index in [9.17, 15) is 4.79 Å². The second kappa shape index (κ2) is 6.78. The van der Waals surface area contributed by atoms with Gasteiger partial charge in [-0.1, -0.05) is 23.7 Å². The highest BCUT2D eigenvalue weighted by Crippen LogP contribution is 2.23. The van der Waals surface area contributed by atoms with Crippen LogP contribution in [0.1, 0.15) is 12.8 Å². The molecule has 1 saturated heterocycles. The van der Waals surface area contributed by atoms with Crippen LogP contribution in [0.25, 0.3) is 0 Å². The van der Waals surface area contributed by atoms with Crippen LogP contribution in [0.2, 0.25) is 5.02 Å². The van der Waals surface area contributed by atoms with E-state index in [2.05, 4.69) is 4.90 Å². The van der Waals surface area contributed by atoms with Gasteiger partial charge in [0, 0.05) is 6.54 Å². The maximum Gasteiger partial charge on any atom is 0.306 e. The fourth-order valence-electron chi connectivity index (χ4n) is 2.25. The summed E-state index contributed by atoms with van der Waals surface area (Å²) in [5.41, 5.74) is 0. The Balaban J connectivity index is 1.70. The van der Waals surface area contributed by atoms with Crippen LogP contribution in [0.3, 0.4) is 0 Å². The standard InChI is InChI=1S/C14H18ClNO3/c15-12-3-1-2-4-13(12)19-10-9-16-7-5-11(6-8-16)14(17)18/h1-4,11H,5-10H2,(H,17,18). The van der Waals surface area contributed by atoms with E-state index in [-0.39, 0.29) is 5.92 Å². The lowest BCUT2D eigenvalue weighted by Gasteiger charge is -2.29. The first-order chi connectivity index (χ1) is 9.16. The molecule has 0 saturated carbocycles. The number of aliphatic carboxylic acids is 1. The number of likely N-dealkylation sites (tertiary alicyclic amines) is 1. The van der Waals surface area contributed by atoms with E-state index in [1.807, 2.05) is 18.2 Å². The molecule has 2 rings (SSSR count). The quantitative estimate of drug-likeness (QED) is 0.902. The van der Waals surface area contributed by atoms with Crippen LogP contribution in [-0.4, -0.2) is 42.2 Å². The fraction of sp³-hybridized carbons (Fsp3) is 0.500. The lowest BCUT2D eigenvalue weighted by Crippen LogP contribution is -2.38. The highest BCUT2D eigenvalue weighted by molar-refractivity contribution is 6.32. The molecule has 1 aromatic rings. The minimum atomic E-state index is -0.674. The van der Waals surface area contributed by atoms with Crippen molar-refractivity contribution in [3.05, 3.63) is 29.3 Å². The number of ether oxygens (including phenoxy) is 1. The zero-order chi connectivity index (χ0) is 13.7. The highest BCUT2D eigenvalue weighted by Gasteiger charge is 2.24. The molecule has 4 nitrogen and oxygen atoms in total. The SMILES string of the molecule is O=C(O)C1CCN(CCOc2ccccc2Cl)CC1. The van der Waals surface area contributed by atoms with Gasteiger partial charge in [-0.05, 0) is 38.1 Å². The molecule has 104 valence electrons. The first-order valence-corrected chi connectivity index (χ1v) is 6.87. The number of para-hydroxylation sites is 1. The molecule has 0 atom stereocenters. The summed E-state index contributed by atoms with van der Waals surface area (Å²) in [5.74, 6) is -0.155. The largest absolute Gasteiger partial charge is 0.491 e. The molecule has 1 fully saturated rings. The molecule has 0 bridgehead atoms. The summed E-state index contributed by atoms with van der Waals surface area (Å²) in [7, 11) is 0. The van der Waals surface area contributed by atoms with Gasteiger partial charge in [-0.15, -0.1) is 0 Å². The molecule has 19 heavy (non-hydrogen) atoms. The van der Waals surface area contributed by atoms with E-state index >= 15 is 0 Å². The Bertz CT molecular complexity index is 430. The van der Waals surface area contributed by atoms with Gasteiger partial charge in [-0.2, -0.15) is 0 Å². The van der Waals surface area contributed by atoms with Gasteiger partial charge in [0.15, 0.2) is 0 Å². The highest BCUT2D eigenvalue weighted by atomic mass is 35.5. The van der Waals surface area contributed by atoms with Crippen LogP contribution in [0.5, 0.6) is 5.75 Å². The molecule has 1 aromatic carbocycles. The third kappa shape index (κ3) is 4.11. The summed E-state index contributed by atoms with van der Waals surface area (Å²) in [6.07, 6.45) is 1.45. The maximum absolute atomic E-state index is 10.8. The Morgan fingerprint density at radius 2 is 2.05 bits per heavy atom. The molecular weight excluding hydrogens is 266 g/mol. The summed E-state index contributed by atoms with van der Waals surface area (Å²) in [6.45, 7) is 3.02. The normalized spacial score (nSPS) is 17.3. The molecule has 1 heterocycles. The number of rotatable bonds is 5. The van der Waals surface area contributed by atoms with Crippen LogP contribution in [0.4, 0.5) is 0 Å². The third-order valence-corrected chi connectivity index (χ3v) is 3.75. The number of halogens is 1. The number of carboxylic acids is 1. The number of nitrogens with zero attached hydrogens (tertiary/aromatic N) is 1. The summed E-state index contributed by atoms with van der Waals surface area (Å²) in [6, 6.07) is 7.40. The molecule has 1 N–H and O–H groups in total. The Morgan fingerprint density at radius 3 is 2.68 bits per heavy atom. The van der Waals surface area contributed by atoms with Gasteiger partial charge in [0.25, 0.3) is 0 Å². The van der Waals surface area contributed by atoms with Crippen molar-refractivity contribution in [3.63, 3.8) is 0 Å². The molecule has 1 aliphatic rings.